The van der Waals surface area contributed by atoms with E-state index in [0.29, 0.717) is 22.5 Å². The third-order valence-electron chi connectivity index (χ3n) is 5.07. The number of benzene rings is 2. The molecule has 7 nitrogen and oxygen atoms in total. The third-order valence-corrected chi connectivity index (χ3v) is 6.69. The van der Waals surface area contributed by atoms with Gasteiger partial charge in [-0.15, -0.1) is 10.2 Å². The van der Waals surface area contributed by atoms with E-state index in [1.54, 1.807) is 6.07 Å². The SMILES string of the molecule is CCOc1ccc(C2Nn3c(CC)nnc3SC2C(=O)Nc2ccc(C)c(Cl)c2)cc1. The van der Waals surface area contributed by atoms with E-state index < -0.39 is 5.25 Å². The number of halogens is 1. The summed E-state index contributed by atoms with van der Waals surface area (Å²) in [6, 6.07) is 13.0. The fourth-order valence-electron chi connectivity index (χ4n) is 3.40. The Bertz CT molecular complexity index is 1090. The molecule has 0 saturated carbocycles. The summed E-state index contributed by atoms with van der Waals surface area (Å²) in [7, 11) is 0. The van der Waals surface area contributed by atoms with Crippen molar-refractivity contribution in [3.8, 4) is 5.75 Å². The monoisotopic (exact) mass is 457 g/mol. The number of thioether (sulfide) groups is 1. The molecule has 0 fully saturated rings. The number of carbonyl (C=O) groups is 1. The van der Waals surface area contributed by atoms with Gasteiger partial charge in [-0.1, -0.05) is 48.5 Å². The van der Waals surface area contributed by atoms with Crippen molar-refractivity contribution >= 4 is 35.0 Å². The summed E-state index contributed by atoms with van der Waals surface area (Å²) in [4.78, 5) is 13.3. The van der Waals surface area contributed by atoms with Gasteiger partial charge >= 0.3 is 0 Å². The standard InChI is InChI=1S/C22H24ClN5O2S/c1-4-18-25-26-22-28(18)27-19(14-7-10-16(11-8-14)30-5-2)20(31-22)21(29)24-15-9-6-13(3)17(23)12-15/h6-12,19-20,27H,4-5H2,1-3H3,(H,24,29). The van der Waals surface area contributed by atoms with Crippen molar-refractivity contribution in [2.45, 2.75) is 43.6 Å². The Kier molecular flexibility index (Phi) is 6.38. The minimum absolute atomic E-state index is 0.136. The van der Waals surface area contributed by atoms with E-state index in [-0.39, 0.29) is 11.9 Å². The molecule has 0 radical (unpaired) electrons. The average Bonchev–Trinajstić information content (AvgIpc) is 3.18. The second kappa shape index (κ2) is 9.20. The Hall–Kier alpha value is -2.71. The molecule has 9 heteroatoms. The highest BCUT2D eigenvalue weighted by Gasteiger charge is 2.37. The molecule has 2 N–H and O–H groups in total. The number of rotatable bonds is 6. The van der Waals surface area contributed by atoms with Crippen LogP contribution in [0.2, 0.25) is 5.02 Å². The van der Waals surface area contributed by atoms with Crippen LogP contribution < -0.4 is 15.5 Å². The van der Waals surface area contributed by atoms with E-state index in [1.807, 2.05) is 61.8 Å². The van der Waals surface area contributed by atoms with Crippen LogP contribution in [0.5, 0.6) is 5.75 Å². The van der Waals surface area contributed by atoms with Crippen molar-refractivity contribution < 1.29 is 9.53 Å². The predicted octanol–water partition coefficient (Wildman–Crippen LogP) is 4.60. The van der Waals surface area contributed by atoms with Crippen LogP contribution in [-0.4, -0.2) is 32.6 Å². The number of hydrogen-bond donors (Lipinski definition) is 2. The average molecular weight is 458 g/mol. The van der Waals surface area contributed by atoms with E-state index in [0.717, 1.165) is 29.1 Å². The topological polar surface area (TPSA) is 81.1 Å². The number of aryl methyl sites for hydroxylation is 2. The molecule has 0 spiro atoms. The summed E-state index contributed by atoms with van der Waals surface area (Å²) >= 11 is 7.63. The van der Waals surface area contributed by atoms with Gasteiger partial charge < -0.3 is 15.5 Å². The third kappa shape index (κ3) is 4.50. The summed E-state index contributed by atoms with van der Waals surface area (Å²) in [5.74, 6) is 1.48. The largest absolute Gasteiger partial charge is 0.494 e. The zero-order valence-corrected chi connectivity index (χ0v) is 19.1. The number of fused-ring (bicyclic) bond motifs is 1. The molecule has 0 aliphatic carbocycles. The number of ether oxygens (including phenoxy) is 1. The summed E-state index contributed by atoms with van der Waals surface area (Å²) < 4.78 is 7.43. The highest BCUT2D eigenvalue weighted by Crippen LogP contribution is 2.38. The van der Waals surface area contributed by atoms with Gasteiger partial charge in [-0.25, -0.2) is 4.68 Å². The van der Waals surface area contributed by atoms with Crippen molar-refractivity contribution in [3.05, 3.63) is 64.4 Å². The van der Waals surface area contributed by atoms with Crippen LogP contribution in [0.25, 0.3) is 0 Å². The van der Waals surface area contributed by atoms with Gasteiger partial charge in [0.15, 0.2) is 5.82 Å². The van der Waals surface area contributed by atoms with Gasteiger partial charge in [-0.2, -0.15) is 0 Å². The molecule has 162 valence electrons. The molecule has 3 aromatic rings. The van der Waals surface area contributed by atoms with Gasteiger partial charge in [0.2, 0.25) is 11.1 Å². The summed E-state index contributed by atoms with van der Waals surface area (Å²) in [5, 5.41) is 12.3. The van der Waals surface area contributed by atoms with Gasteiger partial charge in [0.25, 0.3) is 0 Å². The van der Waals surface area contributed by atoms with Crippen LogP contribution in [0.15, 0.2) is 47.6 Å². The highest BCUT2D eigenvalue weighted by molar-refractivity contribution is 8.00. The number of carbonyl (C=O) groups excluding carboxylic acids is 1. The molecule has 1 amide bonds. The second-order valence-electron chi connectivity index (χ2n) is 7.19. The summed E-state index contributed by atoms with van der Waals surface area (Å²) in [5.41, 5.74) is 6.04. The summed E-state index contributed by atoms with van der Waals surface area (Å²) in [6.07, 6.45) is 0.731. The maximum atomic E-state index is 13.3. The lowest BCUT2D eigenvalue weighted by atomic mass is 10.0. The van der Waals surface area contributed by atoms with E-state index in [1.165, 1.54) is 11.8 Å². The van der Waals surface area contributed by atoms with Crippen LogP contribution in [-0.2, 0) is 11.2 Å². The number of amides is 1. The Morgan fingerprint density at radius 2 is 2.00 bits per heavy atom. The van der Waals surface area contributed by atoms with Gasteiger partial charge in [0.1, 0.15) is 11.0 Å². The van der Waals surface area contributed by atoms with Crippen molar-refractivity contribution in [1.82, 2.24) is 14.9 Å². The first-order chi connectivity index (χ1) is 15.0. The highest BCUT2D eigenvalue weighted by atomic mass is 35.5. The van der Waals surface area contributed by atoms with E-state index >= 15 is 0 Å². The Labute approximate surface area is 190 Å². The molecule has 2 heterocycles. The number of anilines is 1. The molecule has 0 saturated heterocycles. The molecule has 2 atom stereocenters. The molecule has 1 aromatic heterocycles. The maximum Gasteiger partial charge on any atom is 0.240 e. The van der Waals surface area contributed by atoms with Crippen molar-refractivity contribution in [1.29, 1.82) is 0 Å². The molecular weight excluding hydrogens is 434 g/mol. The smallest absolute Gasteiger partial charge is 0.240 e. The first-order valence-corrected chi connectivity index (χ1v) is 11.4. The van der Waals surface area contributed by atoms with Crippen LogP contribution in [0, 0.1) is 6.92 Å². The number of aromatic nitrogens is 3. The zero-order chi connectivity index (χ0) is 22.0. The van der Waals surface area contributed by atoms with Crippen LogP contribution in [0.4, 0.5) is 5.69 Å². The molecule has 1 aliphatic rings. The lowest BCUT2D eigenvalue weighted by Gasteiger charge is -2.33. The minimum atomic E-state index is -0.459. The minimum Gasteiger partial charge on any atom is -0.494 e. The van der Waals surface area contributed by atoms with Gasteiger partial charge in [-0.05, 0) is 49.2 Å². The molecule has 31 heavy (non-hydrogen) atoms. The van der Waals surface area contributed by atoms with Crippen LogP contribution >= 0.6 is 23.4 Å². The maximum absolute atomic E-state index is 13.3. The molecule has 2 aromatic carbocycles. The normalized spacial score (nSPS) is 17.5. The van der Waals surface area contributed by atoms with Gasteiger partial charge in [0, 0.05) is 17.1 Å². The zero-order valence-electron chi connectivity index (χ0n) is 17.6. The van der Waals surface area contributed by atoms with Crippen molar-refractivity contribution in [3.63, 3.8) is 0 Å². The van der Waals surface area contributed by atoms with Gasteiger partial charge in [0.05, 0.1) is 12.6 Å². The van der Waals surface area contributed by atoms with Crippen molar-refractivity contribution in [2.75, 3.05) is 17.3 Å². The fraction of sp³-hybridized carbons (Fsp3) is 0.318. The van der Waals surface area contributed by atoms with Gasteiger partial charge in [-0.3, -0.25) is 4.79 Å². The molecular formula is C22H24ClN5O2S. The lowest BCUT2D eigenvalue weighted by molar-refractivity contribution is -0.116. The fourth-order valence-corrected chi connectivity index (χ4v) is 4.68. The van der Waals surface area contributed by atoms with E-state index in [9.17, 15) is 4.79 Å². The first-order valence-electron chi connectivity index (χ1n) is 10.2. The Morgan fingerprint density at radius 1 is 1.23 bits per heavy atom. The van der Waals surface area contributed by atoms with Crippen LogP contribution in [0.3, 0.4) is 0 Å². The molecule has 1 aliphatic heterocycles. The Morgan fingerprint density at radius 3 is 2.68 bits per heavy atom. The number of hydrogen-bond acceptors (Lipinski definition) is 6. The molecule has 2 unspecified atom stereocenters. The summed E-state index contributed by atoms with van der Waals surface area (Å²) in [6.45, 7) is 6.50. The predicted molar refractivity (Wildman–Crippen MR) is 124 cm³/mol. The quantitative estimate of drug-likeness (QED) is 0.563. The van der Waals surface area contributed by atoms with Crippen molar-refractivity contribution in [2.24, 2.45) is 0 Å². The molecule has 0 bridgehead atoms. The Balaban J connectivity index is 1.64. The van der Waals surface area contributed by atoms with E-state index in [2.05, 4.69) is 20.9 Å². The number of nitrogens with one attached hydrogen (secondary N) is 2. The van der Waals surface area contributed by atoms with E-state index in [4.69, 9.17) is 16.3 Å². The first kappa shape index (κ1) is 21.5. The van der Waals surface area contributed by atoms with Crippen LogP contribution in [0.1, 0.15) is 36.8 Å². The lowest BCUT2D eigenvalue weighted by Crippen LogP contribution is -2.41. The molecule has 4 rings (SSSR count). The second-order valence-corrected chi connectivity index (χ2v) is 8.70. The number of nitrogens with zero attached hydrogens (tertiary/aromatic N) is 3.